The number of methoxy groups -OCH3 is 1. The number of amides is 1. The summed E-state index contributed by atoms with van der Waals surface area (Å²) < 4.78 is 5.50. The third-order valence-electron chi connectivity index (χ3n) is 5.89. The molecule has 1 amide bonds. The predicted octanol–water partition coefficient (Wildman–Crippen LogP) is 3.12. The fourth-order valence-corrected chi connectivity index (χ4v) is 3.92. The summed E-state index contributed by atoms with van der Waals surface area (Å²) in [6.45, 7) is 4.08. The Labute approximate surface area is 187 Å². The molecule has 0 bridgehead atoms. The summed E-state index contributed by atoms with van der Waals surface area (Å²) in [5.41, 5.74) is 5.13. The summed E-state index contributed by atoms with van der Waals surface area (Å²) >= 11 is 0. The van der Waals surface area contributed by atoms with Gasteiger partial charge in [0.2, 0.25) is 11.9 Å². The highest BCUT2D eigenvalue weighted by Gasteiger charge is 2.35. The van der Waals surface area contributed by atoms with Crippen LogP contribution in [0.25, 0.3) is 11.3 Å². The summed E-state index contributed by atoms with van der Waals surface area (Å²) in [6, 6.07) is 9.56. The average Bonchev–Trinajstić information content (AvgIpc) is 3.15. The van der Waals surface area contributed by atoms with Gasteiger partial charge in [0.15, 0.2) is 0 Å². The molecule has 166 valence electrons. The monoisotopic (exact) mass is 433 g/mol. The van der Waals surface area contributed by atoms with Crippen molar-refractivity contribution in [2.24, 2.45) is 0 Å². The highest BCUT2D eigenvalue weighted by atomic mass is 16.5. The Bertz CT molecular complexity index is 1150. The van der Waals surface area contributed by atoms with Crippen molar-refractivity contribution < 1.29 is 14.6 Å². The maximum atomic E-state index is 11.2. The summed E-state index contributed by atoms with van der Waals surface area (Å²) in [4.78, 5) is 24.8. The number of aromatic nitrogens is 3. The minimum absolute atomic E-state index is 0.0864. The van der Waals surface area contributed by atoms with E-state index < -0.39 is 0 Å². The van der Waals surface area contributed by atoms with Crippen molar-refractivity contribution >= 4 is 17.5 Å². The van der Waals surface area contributed by atoms with Gasteiger partial charge in [-0.15, -0.1) is 0 Å². The second kappa shape index (κ2) is 8.92. The molecular weight excluding hydrogens is 406 g/mol. The lowest BCUT2D eigenvalue weighted by molar-refractivity contribution is -0.119. The van der Waals surface area contributed by atoms with Crippen LogP contribution in [0.3, 0.4) is 0 Å². The average molecular weight is 434 g/mol. The van der Waals surface area contributed by atoms with Crippen molar-refractivity contribution in [1.82, 2.24) is 20.3 Å². The Balaban J connectivity index is 1.58. The minimum atomic E-state index is -0.265. The Morgan fingerprint density at radius 2 is 2.09 bits per heavy atom. The Morgan fingerprint density at radius 3 is 2.84 bits per heavy atom. The fourth-order valence-electron chi connectivity index (χ4n) is 3.92. The largest absolute Gasteiger partial charge is 0.495 e. The number of ether oxygens (including phenoxy) is 1. The third kappa shape index (κ3) is 4.40. The molecule has 1 unspecified atom stereocenters. The van der Waals surface area contributed by atoms with Gasteiger partial charge in [0.1, 0.15) is 5.75 Å². The lowest BCUT2D eigenvalue weighted by atomic mass is 9.85. The molecule has 0 spiro atoms. The van der Waals surface area contributed by atoms with Crippen LogP contribution in [0.2, 0.25) is 0 Å². The van der Waals surface area contributed by atoms with Gasteiger partial charge < -0.3 is 20.5 Å². The molecule has 0 saturated carbocycles. The molecule has 32 heavy (non-hydrogen) atoms. The number of rotatable bonds is 7. The number of nitrogens with zero attached hydrogens (tertiary/aromatic N) is 3. The molecule has 0 saturated heterocycles. The molecule has 8 heteroatoms. The van der Waals surface area contributed by atoms with Crippen LogP contribution in [-0.4, -0.2) is 39.7 Å². The second-order valence-corrected chi connectivity index (χ2v) is 8.27. The first-order chi connectivity index (χ1) is 15.4. The lowest BCUT2D eigenvalue weighted by Crippen LogP contribution is -2.23. The number of carbonyl (C=O) groups excluding carboxylic acids is 1. The third-order valence-corrected chi connectivity index (χ3v) is 5.89. The number of pyridine rings is 1. The van der Waals surface area contributed by atoms with E-state index in [1.54, 1.807) is 13.3 Å². The van der Waals surface area contributed by atoms with E-state index in [2.05, 4.69) is 38.6 Å². The number of nitrogens with one attached hydrogen (secondary N) is 2. The zero-order valence-electron chi connectivity index (χ0n) is 18.5. The second-order valence-electron chi connectivity index (χ2n) is 8.27. The number of hydrogen-bond acceptors (Lipinski definition) is 7. The molecule has 3 aromatic rings. The lowest BCUT2D eigenvalue weighted by Gasteiger charge is -2.22. The normalized spacial score (nSPS) is 17.0. The van der Waals surface area contributed by atoms with Crippen LogP contribution in [0.1, 0.15) is 37.1 Å². The van der Waals surface area contributed by atoms with Crippen molar-refractivity contribution in [2.75, 3.05) is 19.0 Å². The summed E-state index contributed by atoms with van der Waals surface area (Å²) in [5, 5.41) is 15.9. The number of anilines is 2. The first kappa shape index (κ1) is 21.7. The molecule has 0 fully saturated rings. The van der Waals surface area contributed by atoms with E-state index in [0.717, 1.165) is 46.6 Å². The molecule has 1 aromatic carbocycles. The first-order valence-corrected chi connectivity index (χ1v) is 10.5. The number of fused-ring (bicyclic) bond motifs is 1. The number of aryl methyl sites for hydroxylation is 1. The quantitative estimate of drug-likeness (QED) is 0.525. The maximum Gasteiger partial charge on any atom is 0.227 e. The van der Waals surface area contributed by atoms with Crippen LogP contribution in [0.15, 0.2) is 42.7 Å². The van der Waals surface area contributed by atoms with Crippen molar-refractivity contribution in [2.45, 2.75) is 38.6 Å². The molecule has 1 aliphatic rings. The number of carbonyl (C=O) groups is 1. The van der Waals surface area contributed by atoms with Gasteiger partial charge >= 0.3 is 0 Å². The molecule has 0 radical (unpaired) electrons. The van der Waals surface area contributed by atoms with E-state index in [0.29, 0.717) is 18.2 Å². The Morgan fingerprint density at radius 1 is 1.25 bits per heavy atom. The van der Waals surface area contributed by atoms with Gasteiger partial charge in [0, 0.05) is 42.5 Å². The summed E-state index contributed by atoms with van der Waals surface area (Å²) in [7, 11) is 1.59. The topological polar surface area (TPSA) is 109 Å². The van der Waals surface area contributed by atoms with Crippen LogP contribution in [-0.2, 0) is 23.2 Å². The van der Waals surface area contributed by atoms with Crippen LogP contribution < -0.4 is 15.4 Å². The number of benzene rings is 1. The molecule has 8 nitrogen and oxygen atoms in total. The van der Waals surface area contributed by atoms with Gasteiger partial charge in [0.25, 0.3) is 0 Å². The van der Waals surface area contributed by atoms with E-state index >= 15 is 0 Å². The highest BCUT2D eigenvalue weighted by molar-refractivity contribution is 5.73. The van der Waals surface area contributed by atoms with Crippen LogP contribution >= 0.6 is 0 Å². The maximum absolute atomic E-state index is 11.2. The van der Waals surface area contributed by atoms with Gasteiger partial charge in [-0.1, -0.05) is 13.0 Å². The van der Waals surface area contributed by atoms with Crippen molar-refractivity contribution in [1.29, 1.82) is 0 Å². The van der Waals surface area contributed by atoms with Gasteiger partial charge in [0.05, 0.1) is 25.1 Å². The SMILES string of the molecule is COc1cc(CNC(C)=O)ccc1Nc1nccc(-c2cnc3c(c2)C(C)(CO)CC3)n1. The van der Waals surface area contributed by atoms with Crippen LogP contribution in [0.5, 0.6) is 5.75 Å². The van der Waals surface area contributed by atoms with E-state index in [9.17, 15) is 9.90 Å². The first-order valence-electron chi connectivity index (χ1n) is 10.5. The molecule has 2 aromatic heterocycles. The van der Waals surface area contributed by atoms with Crippen molar-refractivity contribution in [3.63, 3.8) is 0 Å². The Hall–Kier alpha value is -3.52. The molecule has 3 N–H and O–H groups in total. The predicted molar refractivity (Wildman–Crippen MR) is 122 cm³/mol. The van der Waals surface area contributed by atoms with Crippen molar-refractivity contribution in [3.05, 3.63) is 59.5 Å². The molecule has 1 atom stereocenters. The van der Waals surface area contributed by atoms with E-state index in [4.69, 9.17) is 4.74 Å². The highest BCUT2D eigenvalue weighted by Crippen LogP contribution is 2.39. The molecule has 0 aliphatic heterocycles. The smallest absolute Gasteiger partial charge is 0.227 e. The van der Waals surface area contributed by atoms with Gasteiger partial charge in [-0.3, -0.25) is 9.78 Å². The number of hydrogen-bond donors (Lipinski definition) is 3. The molecule has 1 aliphatic carbocycles. The number of aliphatic hydroxyl groups excluding tert-OH is 1. The fraction of sp³-hybridized carbons (Fsp3) is 0.333. The van der Waals surface area contributed by atoms with E-state index in [-0.39, 0.29) is 17.9 Å². The van der Waals surface area contributed by atoms with E-state index in [1.165, 1.54) is 6.92 Å². The summed E-state index contributed by atoms with van der Waals surface area (Å²) in [6.07, 6.45) is 5.29. The van der Waals surface area contributed by atoms with E-state index in [1.807, 2.05) is 30.5 Å². The molecule has 2 heterocycles. The summed E-state index contributed by atoms with van der Waals surface area (Å²) in [5.74, 6) is 0.970. The standard InChI is InChI=1S/C24H27N5O3/c1-15(31)26-12-16-4-5-21(22(10-16)32-3)29-23-25-9-7-19(28-23)17-11-18-20(27-13-17)6-8-24(18,2)14-30/h4-5,7,9-11,13,30H,6,8,12,14H2,1-3H3,(H,26,31)(H,25,28,29). The number of aliphatic hydroxyl groups is 1. The van der Waals surface area contributed by atoms with Crippen molar-refractivity contribution in [3.8, 4) is 17.0 Å². The van der Waals surface area contributed by atoms with Crippen LogP contribution in [0.4, 0.5) is 11.6 Å². The Kier molecular flexibility index (Phi) is 6.05. The zero-order chi connectivity index (χ0) is 22.7. The minimum Gasteiger partial charge on any atom is -0.495 e. The van der Waals surface area contributed by atoms with Gasteiger partial charge in [-0.25, -0.2) is 9.97 Å². The van der Waals surface area contributed by atoms with Crippen LogP contribution in [0, 0.1) is 0 Å². The van der Waals surface area contributed by atoms with Gasteiger partial charge in [-0.2, -0.15) is 0 Å². The van der Waals surface area contributed by atoms with Gasteiger partial charge in [-0.05, 0) is 48.2 Å². The molecule has 4 rings (SSSR count). The molecular formula is C24H27N5O3. The zero-order valence-corrected chi connectivity index (χ0v) is 18.5.